The van der Waals surface area contributed by atoms with E-state index in [-0.39, 0.29) is 12.4 Å². The molecule has 0 aliphatic heterocycles. The molecule has 0 radical (unpaired) electrons. The highest BCUT2D eigenvalue weighted by Crippen LogP contribution is 2.10. The van der Waals surface area contributed by atoms with Crippen LogP contribution in [0.2, 0.25) is 0 Å². The van der Waals surface area contributed by atoms with Gasteiger partial charge in [-0.15, -0.1) is 0 Å². The van der Waals surface area contributed by atoms with E-state index < -0.39 is 6.10 Å². The van der Waals surface area contributed by atoms with Crippen LogP contribution in [-0.2, 0) is 9.53 Å². The third kappa shape index (κ3) is 2.88. The summed E-state index contributed by atoms with van der Waals surface area (Å²) in [4.78, 5) is 10.5. The Bertz CT molecular complexity index is 228. The second-order valence-corrected chi connectivity index (χ2v) is 2.76. The Morgan fingerprint density at radius 1 is 1.83 bits per heavy atom. The van der Waals surface area contributed by atoms with E-state index in [2.05, 4.69) is 0 Å². The summed E-state index contributed by atoms with van der Waals surface area (Å²) < 4.78 is 5.11. The van der Waals surface area contributed by atoms with Gasteiger partial charge >= 0.3 is 0 Å². The van der Waals surface area contributed by atoms with Crippen LogP contribution >= 0.6 is 0 Å². The first kappa shape index (κ1) is 9.00. The predicted molar refractivity (Wildman–Crippen MR) is 44.5 cm³/mol. The first-order valence-electron chi connectivity index (χ1n) is 3.87. The maximum Gasteiger partial charge on any atom is 0.167 e. The van der Waals surface area contributed by atoms with Gasteiger partial charge in [-0.3, -0.25) is 4.79 Å². The molecular weight excluding hydrogens is 156 g/mol. The largest absolute Gasteiger partial charge is 0.486 e. The molecule has 0 heterocycles. The van der Waals surface area contributed by atoms with Crippen molar-refractivity contribution in [2.24, 2.45) is 0 Å². The van der Waals surface area contributed by atoms with Crippen molar-refractivity contribution in [3.05, 3.63) is 24.0 Å². The monoisotopic (exact) mass is 168 g/mol. The fourth-order valence-corrected chi connectivity index (χ4v) is 0.881. The van der Waals surface area contributed by atoms with Crippen LogP contribution < -0.4 is 0 Å². The molecule has 12 heavy (non-hydrogen) atoms. The number of allylic oxidation sites excluding steroid dienone is 1. The Morgan fingerprint density at radius 3 is 3.08 bits per heavy atom. The highest BCUT2D eigenvalue weighted by Gasteiger charge is 2.05. The van der Waals surface area contributed by atoms with Gasteiger partial charge in [-0.05, 0) is 25.5 Å². The highest BCUT2D eigenvalue weighted by molar-refractivity contribution is 5.76. The number of ether oxygens (including phenoxy) is 1. The van der Waals surface area contributed by atoms with Gasteiger partial charge in [0.05, 0.1) is 6.10 Å². The zero-order valence-corrected chi connectivity index (χ0v) is 6.99. The molecule has 0 amide bonds. The van der Waals surface area contributed by atoms with Gasteiger partial charge in [0, 0.05) is 0 Å². The third-order valence-electron chi connectivity index (χ3n) is 1.49. The third-order valence-corrected chi connectivity index (χ3v) is 1.49. The van der Waals surface area contributed by atoms with Crippen molar-refractivity contribution in [1.29, 1.82) is 0 Å². The number of ketones is 1. The van der Waals surface area contributed by atoms with Crippen LogP contribution in [0, 0.1) is 0 Å². The highest BCUT2D eigenvalue weighted by atomic mass is 16.5. The maximum absolute atomic E-state index is 10.5. The van der Waals surface area contributed by atoms with Gasteiger partial charge in [0.1, 0.15) is 12.4 Å². The molecule has 0 saturated heterocycles. The Kier molecular flexibility index (Phi) is 3.05. The molecule has 3 nitrogen and oxygen atoms in total. The molecule has 1 atom stereocenters. The number of carbonyl (C=O) groups excluding carboxylic acids is 1. The standard InChI is InChI=1S/C9H12O3/c1-7(10)6-12-9-4-2-8(11)3-5-9/h2,4-5,8,11H,3,6H2,1H3. The quantitative estimate of drug-likeness (QED) is 0.678. The van der Waals surface area contributed by atoms with Crippen LogP contribution in [0.3, 0.4) is 0 Å². The van der Waals surface area contributed by atoms with E-state index in [1.165, 1.54) is 6.92 Å². The normalized spacial score (nSPS) is 21.8. The van der Waals surface area contributed by atoms with Gasteiger partial charge in [0.15, 0.2) is 5.78 Å². The fraction of sp³-hybridized carbons (Fsp3) is 0.444. The molecule has 0 spiro atoms. The van der Waals surface area contributed by atoms with E-state index in [4.69, 9.17) is 9.84 Å². The summed E-state index contributed by atoms with van der Waals surface area (Å²) in [7, 11) is 0. The summed E-state index contributed by atoms with van der Waals surface area (Å²) in [6.07, 6.45) is 5.25. The molecule has 1 aliphatic carbocycles. The van der Waals surface area contributed by atoms with Crippen molar-refractivity contribution in [1.82, 2.24) is 0 Å². The molecule has 0 fully saturated rings. The number of aliphatic hydroxyl groups is 1. The minimum Gasteiger partial charge on any atom is -0.486 e. The van der Waals surface area contributed by atoms with E-state index in [1.807, 2.05) is 0 Å². The predicted octanol–water partition coefficient (Wildman–Crippen LogP) is 0.797. The number of hydrogen-bond acceptors (Lipinski definition) is 3. The van der Waals surface area contributed by atoms with Crippen molar-refractivity contribution in [2.45, 2.75) is 19.4 Å². The molecule has 1 N–H and O–H groups in total. The van der Waals surface area contributed by atoms with Gasteiger partial charge in [-0.2, -0.15) is 0 Å². The van der Waals surface area contributed by atoms with Crippen molar-refractivity contribution >= 4 is 5.78 Å². The summed E-state index contributed by atoms with van der Waals surface area (Å²) in [5.74, 6) is 0.658. The molecule has 1 aliphatic rings. The molecule has 0 saturated carbocycles. The van der Waals surface area contributed by atoms with Crippen LogP contribution in [0.5, 0.6) is 0 Å². The average Bonchev–Trinajstić information content (AvgIpc) is 2.03. The number of Topliss-reactive ketones (excluding diaryl/α,β-unsaturated/α-hetero) is 1. The number of rotatable bonds is 3. The lowest BCUT2D eigenvalue weighted by molar-refractivity contribution is -0.120. The minimum absolute atomic E-state index is 0.00424. The van der Waals surface area contributed by atoms with Crippen LogP contribution in [0.1, 0.15) is 13.3 Å². The van der Waals surface area contributed by atoms with E-state index in [9.17, 15) is 4.79 Å². The molecule has 1 rings (SSSR count). The lowest BCUT2D eigenvalue weighted by Crippen LogP contribution is -2.08. The van der Waals surface area contributed by atoms with Crippen LogP contribution in [0.4, 0.5) is 0 Å². The number of aliphatic hydroxyl groups excluding tert-OH is 1. The van der Waals surface area contributed by atoms with Crippen molar-refractivity contribution in [2.75, 3.05) is 6.61 Å². The van der Waals surface area contributed by atoms with Gasteiger partial charge in [0.25, 0.3) is 0 Å². The van der Waals surface area contributed by atoms with E-state index in [0.717, 1.165) is 0 Å². The van der Waals surface area contributed by atoms with Crippen molar-refractivity contribution < 1.29 is 14.6 Å². The molecule has 3 heteroatoms. The Morgan fingerprint density at radius 2 is 2.58 bits per heavy atom. The van der Waals surface area contributed by atoms with E-state index in [1.54, 1.807) is 18.2 Å². The fourth-order valence-electron chi connectivity index (χ4n) is 0.881. The number of carbonyl (C=O) groups is 1. The lowest BCUT2D eigenvalue weighted by atomic mass is 10.1. The Balaban J connectivity index is 2.35. The summed E-state index contributed by atoms with van der Waals surface area (Å²) in [6.45, 7) is 1.58. The molecule has 0 aromatic rings. The zero-order valence-electron chi connectivity index (χ0n) is 6.99. The molecule has 0 bridgehead atoms. The molecule has 0 aromatic heterocycles. The van der Waals surface area contributed by atoms with Crippen LogP contribution in [-0.4, -0.2) is 23.6 Å². The smallest absolute Gasteiger partial charge is 0.167 e. The minimum atomic E-state index is -0.408. The van der Waals surface area contributed by atoms with Gasteiger partial charge in [-0.1, -0.05) is 6.08 Å². The Labute approximate surface area is 71.3 Å². The Hall–Kier alpha value is -1.09. The zero-order chi connectivity index (χ0) is 8.97. The summed E-state index contributed by atoms with van der Waals surface area (Å²) in [5, 5.41) is 9.05. The molecular formula is C9H12O3. The molecule has 1 unspecified atom stereocenters. The van der Waals surface area contributed by atoms with Gasteiger partial charge in [-0.25, -0.2) is 0 Å². The first-order chi connectivity index (χ1) is 5.68. The first-order valence-corrected chi connectivity index (χ1v) is 3.87. The van der Waals surface area contributed by atoms with Crippen LogP contribution in [0.15, 0.2) is 24.0 Å². The van der Waals surface area contributed by atoms with Gasteiger partial charge in [0.2, 0.25) is 0 Å². The lowest BCUT2D eigenvalue weighted by Gasteiger charge is -2.11. The van der Waals surface area contributed by atoms with Crippen molar-refractivity contribution in [3.8, 4) is 0 Å². The topological polar surface area (TPSA) is 46.5 Å². The second-order valence-electron chi connectivity index (χ2n) is 2.76. The molecule has 0 aromatic carbocycles. The van der Waals surface area contributed by atoms with Crippen LogP contribution in [0.25, 0.3) is 0 Å². The average molecular weight is 168 g/mol. The SMILES string of the molecule is CC(=O)COC1=CCC(O)C=C1. The summed E-state index contributed by atoms with van der Waals surface area (Å²) in [6, 6.07) is 0. The van der Waals surface area contributed by atoms with Crippen molar-refractivity contribution in [3.63, 3.8) is 0 Å². The summed E-state index contributed by atoms with van der Waals surface area (Å²) >= 11 is 0. The van der Waals surface area contributed by atoms with E-state index in [0.29, 0.717) is 12.2 Å². The van der Waals surface area contributed by atoms with E-state index >= 15 is 0 Å². The number of hydrogen-bond donors (Lipinski definition) is 1. The van der Waals surface area contributed by atoms with Gasteiger partial charge < -0.3 is 9.84 Å². The summed E-state index contributed by atoms with van der Waals surface area (Å²) in [5.41, 5.74) is 0. The second kappa shape index (κ2) is 4.07. The molecule has 66 valence electrons. The maximum atomic E-state index is 10.5.